The molecule has 1 N–H and O–H groups in total. The molecule has 1 nitrogen and oxygen atoms in total. The van der Waals surface area contributed by atoms with Gasteiger partial charge in [-0.3, -0.25) is 0 Å². The number of aliphatic hydroxyl groups excluding tert-OH is 1. The molecule has 1 fully saturated rings. The third-order valence-corrected chi connectivity index (χ3v) is 2.55. The average Bonchev–Trinajstić information content (AvgIpc) is 2.22. The first-order chi connectivity index (χ1) is 4.36. The quantitative estimate of drug-likeness (QED) is 0.483. The normalized spacial score (nSPS) is 47.9. The molecule has 2 aliphatic carbocycles. The molecule has 2 rings (SSSR count). The minimum Gasteiger partial charge on any atom is -0.393 e. The molecule has 0 radical (unpaired) electrons. The molecular weight excluding hydrogens is 112 g/mol. The Bertz CT molecular complexity index is 140. The summed E-state index contributed by atoms with van der Waals surface area (Å²) in [5.41, 5.74) is 0. The van der Waals surface area contributed by atoms with Gasteiger partial charge in [-0.05, 0) is 31.1 Å². The topological polar surface area (TPSA) is 20.2 Å². The van der Waals surface area contributed by atoms with Crippen LogP contribution in [0.4, 0.5) is 0 Å². The van der Waals surface area contributed by atoms with Gasteiger partial charge in [-0.2, -0.15) is 0 Å². The van der Waals surface area contributed by atoms with Crippen molar-refractivity contribution in [1.82, 2.24) is 0 Å². The van der Waals surface area contributed by atoms with Crippen molar-refractivity contribution in [2.45, 2.75) is 25.4 Å². The first-order valence-electron chi connectivity index (χ1n) is 3.71. The van der Waals surface area contributed by atoms with Gasteiger partial charge < -0.3 is 5.11 Å². The van der Waals surface area contributed by atoms with E-state index in [2.05, 4.69) is 12.2 Å². The molecule has 0 aromatic heterocycles. The SMILES string of the molecule is O[C@@H]1C[C@@H]2CC=C[C@H]2C1. The Hall–Kier alpha value is -0.300. The second-order valence-electron chi connectivity index (χ2n) is 3.21. The summed E-state index contributed by atoms with van der Waals surface area (Å²) in [5.74, 6) is 1.51. The molecule has 0 aromatic carbocycles. The highest BCUT2D eigenvalue weighted by Crippen LogP contribution is 2.39. The summed E-state index contributed by atoms with van der Waals surface area (Å²) in [5, 5.41) is 9.20. The molecule has 0 aliphatic heterocycles. The first-order valence-corrected chi connectivity index (χ1v) is 3.71. The Morgan fingerprint density at radius 3 is 3.00 bits per heavy atom. The van der Waals surface area contributed by atoms with E-state index in [1.807, 2.05) is 0 Å². The Labute approximate surface area is 55.4 Å². The van der Waals surface area contributed by atoms with Gasteiger partial charge in [-0.25, -0.2) is 0 Å². The lowest BCUT2D eigenvalue weighted by molar-refractivity contribution is 0.176. The molecule has 2 aliphatic rings. The van der Waals surface area contributed by atoms with E-state index in [9.17, 15) is 5.11 Å². The number of hydrogen-bond acceptors (Lipinski definition) is 1. The summed E-state index contributed by atoms with van der Waals surface area (Å²) in [6.07, 6.45) is 7.78. The molecule has 0 bridgehead atoms. The zero-order valence-electron chi connectivity index (χ0n) is 5.46. The average molecular weight is 124 g/mol. The number of hydrogen-bond donors (Lipinski definition) is 1. The zero-order valence-corrected chi connectivity index (χ0v) is 5.46. The van der Waals surface area contributed by atoms with Crippen molar-refractivity contribution >= 4 is 0 Å². The van der Waals surface area contributed by atoms with E-state index < -0.39 is 0 Å². The van der Waals surface area contributed by atoms with Gasteiger partial charge in [0.1, 0.15) is 0 Å². The number of rotatable bonds is 0. The van der Waals surface area contributed by atoms with Crippen LogP contribution in [0.15, 0.2) is 12.2 Å². The first kappa shape index (κ1) is 5.48. The van der Waals surface area contributed by atoms with E-state index in [-0.39, 0.29) is 6.10 Å². The molecule has 3 atom stereocenters. The Kier molecular flexibility index (Phi) is 1.12. The molecule has 9 heavy (non-hydrogen) atoms. The van der Waals surface area contributed by atoms with Crippen molar-refractivity contribution in [2.75, 3.05) is 0 Å². The van der Waals surface area contributed by atoms with E-state index in [4.69, 9.17) is 0 Å². The van der Waals surface area contributed by atoms with E-state index in [0.717, 1.165) is 24.7 Å². The van der Waals surface area contributed by atoms with E-state index in [0.29, 0.717) is 0 Å². The van der Waals surface area contributed by atoms with Crippen molar-refractivity contribution < 1.29 is 5.11 Å². The molecule has 1 saturated carbocycles. The third kappa shape index (κ3) is 0.799. The summed E-state index contributed by atoms with van der Waals surface area (Å²) >= 11 is 0. The summed E-state index contributed by atoms with van der Waals surface area (Å²) in [6, 6.07) is 0. The zero-order chi connectivity index (χ0) is 6.27. The van der Waals surface area contributed by atoms with Gasteiger partial charge >= 0.3 is 0 Å². The van der Waals surface area contributed by atoms with Crippen LogP contribution in [0, 0.1) is 11.8 Å². The Morgan fingerprint density at radius 1 is 1.33 bits per heavy atom. The highest BCUT2D eigenvalue weighted by Gasteiger charge is 2.32. The maximum atomic E-state index is 9.20. The third-order valence-electron chi connectivity index (χ3n) is 2.55. The largest absolute Gasteiger partial charge is 0.393 e. The smallest absolute Gasteiger partial charge is 0.0549 e. The molecular formula is C8H12O. The van der Waals surface area contributed by atoms with Crippen LogP contribution in [0.1, 0.15) is 19.3 Å². The van der Waals surface area contributed by atoms with Crippen LogP contribution in [-0.4, -0.2) is 11.2 Å². The molecule has 50 valence electrons. The van der Waals surface area contributed by atoms with Crippen LogP contribution in [0.5, 0.6) is 0 Å². The highest BCUT2D eigenvalue weighted by atomic mass is 16.3. The molecule has 0 unspecified atom stereocenters. The maximum Gasteiger partial charge on any atom is 0.0549 e. The summed E-state index contributed by atoms with van der Waals surface area (Å²) in [7, 11) is 0. The Morgan fingerprint density at radius 2 is 2.22 bits per heavy atom. The molecule has 0 heterocycles. The predicted octanol–water partition coefficient (Wildman–Crippen LogP) is 1.33. The number of fused-ring (bicyclic) bond motifs is 1. The fourth-order valence-electron chi connectivity index (χ4n) is 2.06. The van der Waals surface area contributed by atoms with Crippen molar-refractivity contribution in [3.8, 4) is 0 Å². The van der Waals surface area contributed by atoms with Gasteiger partial charge in [0.2, 0.25) is 0 Å². The fraction of sp³-hybridized carbons (Fsp3) is 0.750. The monoisotopic (exact) mass is 124 g/mol. The molecule has 0 saturated heterocycles. The molecule has 0 amide bonds. The van der Waals surface area contributed by atoms with E-state index in [1.54, 1.807) is 0 Å². The van der Waals surface area contributed by atoms with Crippen molar-refractivity contribution in [3.05, 3.63) is 12.2 Å². The van der Waals surface area contributed by atoms with Crippen LogP contribution < -0.4 is 0 Å². The van der Waals surface area contributed by atoms with Gasteiger partial charge in [0.05, 0.1) is 6.10 Å². The van der Waals surface area contributed by atoms with E-state index in [1.165, 1.54) is 6.42 Å². The van der Waals surface area contributed by atoms with Gasteiger partial charge in [0, 0.05) is 0 Å². The van der Waals surface area contributed by atoms with Gasteiger partial charge in [0.15, 0.2) is 0 Å². The fourth-order valence-corrected chi connectivity index (χ4v) is 2.06. The number of allylic oxidation sites excluding steroid dienone is 2. The summed E-state index contributed by atoms with van der Waals surface area (Å²) in [4.78, 5) is 0. The summed E-state index contributed by atoms with van der Waals surface area (Å²) < 4.78 is 0. The second kappa shape index (κ2) is 1.84. The Balaban J connectivity index is 2.08. The predicted molar refractivity (Wildman–Crippen MR) is 36.0 cm³/mol. The van der Waals surface area contributed by atoms with Crippen LogP contribution in [0.25, 0.3) is 0 Å². The van der Waals surface area contributed by atoms with Crippen LogP contribution >= 0.6 is 0 Å². The lowest BCUT2D eigenvalue weighted by atomic mass is 10.0. The van der Waals surface area contributed by atoms with Crippen LogP contribution in [0.2, 0.25) is 0 Å². The van der Waals surface area contributed by atoms with Gasteiger partial charge in [-0.15, -0.1) is 0 Å². The standard InChI is InChI=1S/C8H12O/c9-8-4-6-2-1-3-7(6)5-8/h1-2,6-9H,3-5H2/t6-,7-,8-/m0/s1. The highest BCUT2D eigenvalue weighted by molar-refractivity contribution is 5.05. The van der Waals surface area contributed by atoms with Crippen molar-refractivity contribution in [2.24, 2.45) is 11.8 Å². The lowest BCUT2D eigenvalue weighted by Crippen LogP contribution is -1.98. The van der Waals surface area contributed by atoms with Gasteiger partial charge in [0.25, 0.3) is 0 Å². The number of aliphatic hydroxyl groups is 1. The lowest BCUT2D eigenvalue weighted by Gasteiger charge is -2.04. The summed E-state index contributed by atoms with van der Waals surface area (Å²) in [6.45, 7) is 0. The molecule has 0 aromatic rings. The molecule has 0 spiro atoms. The van der Waals surface area contributed by atoms with Crippen molar-refractivity contribution in [3.63, 3.8) is 0 Å². The van der Waals surface area contributed by atoms with E-state index >= 15 is 0 Å². The second-order valence-corrected chi connectivity index (χ2v) is 3.21. The van der Waals surface area contributed by atoms with Crippen molar-refractivity contribution in [1.29, 1.82) is 0 Å². The van der Waals surface area contributed by atoms with Gasteiger partial charge in [-0.1, -0.05) is 12.2 Å². The minimum atomic E-state index is 0.00458. The molecule has 1 heteroatoms. The maximum absolute atomic E-state index is 9.20. The van der Waals surface area contributed by atoms with Crippen LogP contribution in [0.3, 0.4) is 0 Å². The van der Waals surface area contributed by atoms with Crippen LogP contribution in [-0.2, 0) is 0 Å². The minimum absolute atomic E-state index is 0.00458.